The maximum atomic E-state index is 12.4. The second-order valence-corrected chi connectivity index (χ2v) is 7.78. The number of nitrogens with one attached hydrogen (secondary N) is 2. The molecule has 0 aliphatic heterocycles. The minimum Gasteiger partial charge on any atom is -0.550 e. The molecule has 2 aliphatic rings. The van der Waals surface area contributed by atoms with Crippen LogP contribution in [-0.4, -0.2) is 24.4 Å². The fourth-order valence-corrected chi connectivity index (χ4v) is 4.51. The molecule has 2 saturated carbocycles. The molecular weight excluding hydrogens is 372 g/mol. The van der Waals surface area contributed by atoms with E-state index in [1.54, 1.807) is 12.1 Å². The third-order valence-corrected chi connectivity index (χ3v) is 6.19. The monoisotopic (exact) mass is 393 g/mol. The first kappa shape index (κ1) is 19.5. The smallest absolute Gasteiger partial charge is 0.276 e. The van der Waals surface area contributed by atoms with E-state index in [1.807, 2.05) is 13.8 Å². The summed E-state index contributed by atoms with van der Waals surface area (Å²) >= 11 is 6.09. The number of aliphatic carboxylic acids is 1. The van der Waals surface area contributed by atoms with Gasteiger partial charge in [-0.15, -0.1) is 0 Å². The van der Waals surface area contributed by atoms with Crippen LogP contribution in [0.25, 0.3) is 0 Å². The molecule has 2 N–H and O–H groups in total. The van der Waals surface area contributed by atoms with E-state index in [0.29, 0.717) is 10.8 Å². The molecule has 8 heteroatoms. The van der Waals surface area contributed by atoms with Gasteiger partial charge in [-0.1, -0.05) is 11.6 Å². The topological polar surface area (TPSA) is 108 Å². The van der Waals surface area contributed by atoms with Crippen molar-refractivity contribution in [3.63, 3.8) is 0 Å². The zero-order valence-electron chi connectivity index (χ0n) is 15.2. The van der Waals surface area contributed by atoms with Gasteiger partial charge in [-0.3, -0.25) is 20.4 Å². The zero-order chi connectivity index (χ0) is 19.7. The van der Waals surface area contributed by atoms with Gasteiger partial charge in [-0.05, 0) is 68.2 Å². The number of carbonyl (C=O) groups is 3. The number of fused-ring (bicyclic) bond motifs is 2. The van der Waals surface area contributed by atoms with Crippen molar-refractivity contribution in [2.24, 2.45) is 23.7 Å². The van der Waals surface area contributed by atoms with Gasteiger partial charge in [0, 0.05) is 16.9 Å². The van der Waals surface area contributed by atoms with Crippen molar-refractivity contribution in [2.45, 2.75) is 33.1 Å². The Labute approximate surface area is 162 Å². The van der Waals surface area contributed by atoms with Crippen molar-refractivity contribution in [1.29, 1.82) is 0 Å². The van der Waals surface area contributed by atoms with E-state index in [0.717, 1.165) is 30.4 Å². The number of amides is 2. The van der Waals surface area contributed by atoms with Gasteiger partial charge in [0.15, 0.2) is 6.61 Å². The van der Waals surface area contributed by atoms with Crippen LogP contribution < -0.4 is 20.7 Å². The number of hydrogen-bond donors (Lipinski definition) is 2. The number of rotatable bonds is 5. The molecule has 1 aromatic carbocycles. The average molecular weight is 394 g/mol. The Bertz CT molecular complexity index is 758. The maximum Gasteiger partial charge on any atom is 0.276 e. The first-order valence-electron chi connectivity index (χ1n) is 8.97. The number of benzene rings is 1. The molecule has 2 aliphatic carbocycles. The molecule has 7 nitrogen and oxygen atoms in total. The summed E-state index contributed by atoms with van der Waals surface area (Å²) < 4.78 is 5.42. The summed E-state index contributed by atoms with van der Waals surface area (Å²) in [4.78, 5) is 35.7. The Hall–Kier alpha value is -2.28. The molecule has 3 rings (SSSR count). The third kappa shape index (κ3) is 4.03. The Balaban J connectivity index is 1.50. The first-order valence-corrected chi connectivity index (χ1v) is 9.34. The van der Waals surface area contributed by atoms with Gasteiger partial charge in [0.25, 0.3) is 5.91 Å². The Morgan fingerprint density at radius 3 is 2.30 bits per heavy atom. The summed E-state index contributed by atoms with van der Waals surface area (Å²) in [6.45, 7) is 3.39. The van der Waals surface area contributed by atoms with Crippen LogP contribution in [0, 0.1) is 37.5 Å². The van der Waals surface area contributed by atoms with E-state index in [9.17, 15) is 19.5 Å². The summed E-state index contributed by atoms with van der Waals surface area (Å²) in [5, 5.41) is 12.0. The van der Waals surface area contributed by atoms with Crippen molar-refractivity contribution in [1.82, 2.24) is 10.9 Å². The number of ether oxygens (including phenoxy) is 1. The second-order valence-electron chi connectivity index (χ2n) is 7.40. The Morgan fingerprint density at radius 1 is 1.11 bits per heavy atom. The number of halogens is 1. The van der Waals surface area contributed by atoms with Crippen LogP contribution >= 0.6 is 11.6 Å². The summed E-state index contributed by atoms with van der Waals surface area (Å²) in [6.07, 6.45) is 2.37. The number of aryl methyl sites for hydroxylation is 2. The molecule has 146 valence electrons. The lowest BCUT2D eigenvalue weighted by Crippen LogP contribution is -2.51. The van der Waals surface area contributed by atoms with Crippen molar-refractivity contribution in [2.75, 3.05) is 6.61 Å². The highest BCUT2D eigenvalue weighted by atomic mass is 35.5. The molecule has 0 aromatic heterocycles. The molecule has 2 fully saturated rings. The van der Waals surface area contributed by atoms with E-state index in [1.165, 1.54) is 0 Å². The van der Waals surface area contributed by atoms with Crippen LogP contribution in [0.1, 0.15) is 30.4 Å². The minimum atomic E-state index is -1.19. The predicted molar refractivity (Wildman–Crippen MR) is 95.5 cm³/mol. The van der Waals surface area contributed by atoms with E-state index < -0.39 is 29.6 Å². The third-order valence-electron chi connectivity index (χ3n) is 5.60. The molecule has 1 aromatic rings. The SMILES string of the molecule is Cc1cc(OCC(=O)NNC(=O)C2C3CCC(C3)C2C(=O)[O-])cc(C)c1Cl. The van der Waals surface area contributed by atoms with Gasteiger partial charge in [0.1, 0.15) is 5.75 Å². The largest absolute Gasteiger partial charge is 0.550 e. The lowest BCUT2D eigenvalue weighted by Gasteiger charge is -2.30. The molecular formula is C19H22ClN2O5-. The van der Waals surface area contributed by atoms with Crippen LogP contribution in [0.5, 0.6) is 5.75 Å². The molecule has 4 atom stereocenters. The molecule has 0 radical (unpaired) electrons. The highest BCUT2D eigenvalue weighted by Gasteiger charge is 2.51. The lowest BCUT2D eigenvalue weighted by molar-refractivity contribution is -0.314. The fraction of sp³-hybridized carbons (Fsp3) is 0.526. The average Bonchev–Trinajstić information content (AvgIpc) is 3.23. The summed E-state index contributed by atoms with van der Waals surface area (Å²) in [5.41, 5.74) is 6.29. The quantitative estimate of drug-likeness (QED) is 0.722. The number of hydrogen-bond acceptors (Lipinski definition) is 5. The van der Waals surface area contributed by atoms with Crippen molar-refractivity contribution in [3.8, 4) is 5.75 Å². The van der Waals surface area contributed by atoms with E-state index >= 15 is 0 Å². The normalized spacial score (nSPS) is 25.9. The molecule has 2 bridgehead atoms. The highest BCUT2D eigenvalue weighted by molar-refractivity contribution is 6.32. The predicted octanol–water partition coefficient (Wildman–Crippen LogP) is 0.895. The zero-order valence-corrected chi connectivity index (χ0v) is 16.0. The van der Waals surface area contributed by atoms with Gasteiger partial charge in [0.2, 0.25) is 5.91 Å². The Kier molecular flexibility index (Phi) is 5.60. The fourth-order valence-electron chi connectivity index (χ4n) is 4.40. The summed E-state index contributed by atoms with van der Waals surface area (Å²) in [7, 11) is 0. The molecule has 0 saturated heterocycles. The molecule has 27 heavy (non-hydrogen) atoms. The van der Waals surface area contributed by atoms with Gasteiger partial charge >= 0.3 is 0 Å². The lowest BCUT2D eigenvalue weighted by atomic mass is 9.79. The van der Waals surface area contributed by atoms with Gasteiger partial charge in [-0.2, -0.15) is 0 Å². The van der Waals surface area contributed by atoms with Crippen LogP contribution in [0.15, 0.2) is 12.1 Å². The van der Waals surface area contributed by atoms with Gasteiger partial charge < -0.3 is 14.6 Å². The molecule has 0 spiro atoms. The van der Waals surface area contributed by atoms with E-state index in [2.05, 4.69) is 10.9 Å². The molecule has 2 amide bonds. The number of hydrazine groups is 1. The van der Waals surface area contributed by atoms with Crippen LogP contribution in [-0.2, 0) is 14.4 Å². The van der Waals surface area contributed by atoms with Crippen LogP contribution in [0.4, 0.5) is 0 Å². The highest BCUT2D eigenvalue weighted by Crippen LogP contribution is 2.52. The number of carboxylic acid groups (broad SMARTS) is 1. The van der Waals surface area contributed by atoms with Crippen molar-refractivity contribution < 1.29 is 24.2 Å². The molecule has 0 heterocycles. The maximum absolute atomic E-state index is 12.4. The second kappa shape index (κ2) is 7.76. The molecule has 4 unspecified atom stereocenters. The number of carbonyl (C=O) groups excluding carboxylic acids is 3. The first-order chi connectivity index (χ1) is 12.8. The van der Waals surface area contributed by atoms with Gasteiger partial charge in [-0.25, -0.2) is 0 Å². The standard InChI is InChI=1S/C19H23ClN2O5/c1-9-5-13(6-10(2)17(9)20)27-8-14(23)21-22-18(24)15-11-3-4-12(7-11)16(15)19(25)26/h5-6,11-12,15-16H,3-4,7-8H2,1-2H3,(H,21,23)(H,22,24)(H,25,26)/p-1. The minimum absolute atomic E-state index is 0.00818. The van der Waals surface area contributed by atoms with Crippen molar-refractivity contribution in [3.05, 3.63) is 28.3 Å². The van der Waals surface area contributed by atoms with Crippen molar-refractivity contribution >= 4 is 29.4 Å². The summed E-state index contributed by atoms with van der Waals surface area (Å²) in [5.74, 6) is -3.12. The van der Waals surface area contributed by atoms with Gasteiger partial charge in [0.05, 0.1) is 5.92 Å². The van der Waals surface area contributed by atoms with E-state index in [4.69, 9.17) is 16.3 Å². The summed E-state index contributed by atoms with van der Waals surface area (Å²) in [6, 6.07) is 3.45. The number of carboxylic acids is 1. The van der Waals surface area contributed by atoms with Crippen LogP contribution in [0.3, 0.4) is 0 Å². The Morgan fingerprint density at radius 2 is 1.70 bits per heavy atom. The van der Waals surface area contributed by atoms with E-state index in [-0.39, 0.29) is 18.4 Å². The van der Waals surface area contributed by atoms with Crippen LogP contribution in [0.2, 0.25) is 5.02 Å².